The lowest BCUT2D eigenvalue weighted by Crippen LogP contribution is -2.17. The number of pyridine rings is 1. The molecule has 0 aliphatic rings. The molecule has 2 aromatic heterocycles. The molecule has 0 unspecified atom stereocenters. The van der Waals surface area contributed by atoms with Crippen LogP contribution in [0.25, 0.3) is 0 Å². The van der Waals surface area contributed by atoms with Crippen LogP contribution in [0.4, 0.5) is 0 Å². The molecule has 3 aromatic rings. The van der Waals surface area contributed by atoms with E-state index in [0.717, 1.165) is 0 Å². The second kappa shape index (κ2) is 6.83. The van der Waals surface area contributed by atoms with E-state index < -0.39 is 22.7 Å². The maximum Gasteiger partial charge on any atom is 0.341 e. The molecule has 126 valence electrons. The Morgan fingerprint density at radius 2 is 2.00 bits per heavy atom. The van der Waals surface area contributed by atoms with Crippen LogP contribution >= 0.6 is 0 Å². The fourth-order valence-corrected chi connectivity index (χ4v) is 2.24. The molecule has 8 heteroatoms. The van der Waals surface area contributed by atoms with Crippen molar-refractivity contribution in [3.8, 4) is 17.4 Å². The van der Waals surface area contributed by atoms with Gasteiger partial charge in [0.2, 0.25) is 11.3 Å². The first-order valence-electron chi connectivity index (χ1n) is 7.22. The number of carboxylic acids is 1. The predicted octanol–water partition coefficient (Wildman–Crippen LogP) is 1.88. The van der Waals surface area contributed by atoms with Gasteiger partial charge in [-0.2, -0.15) is 0 Å². The molecular formula is C17H13N3O5. The number of benzene rings is 1. The molecule has 2 heterocycles. The third-order valence-electron chi connectivity index (χ3n) is 3.37. The molecule has 0 atom stereocenters. The minimum absolute atomic E-state index is 0.185. The van der Waals surface area contributed by atoms with Crippen molar-refractivity contribution in [3.63, 3.8) is 0 Å². The number of aromatic carboxylic acids is 1. The SMILES string of the molecule is O=C(O)c1cn(Cc2ccccc2Oc2cnccn2)cc(O)c1=O. The maximum absolute atomic E-state index is 11.6. The Labute approximate surface area is 141 Å². The summed E-state index contributed by atoms with van der Waals surface area (Å²) in [7, 11) is 0. The van der Waals surface area contributed by atoms with E-state index >= 15 is 0 Å². The second-order valence-corrected chi connectivity index (χ2v) is 5.12. The van der Waals surface area contributed by atoms with Gasteiger partial charge in [-0.1, -0.05) is 18.2 Å². The summed E-state index contributed by atoms with van der Waals surface area (Å²) in [5.41, 5.74) is -0.729. The van der Waals surface area contributed by atoms with Gasteiger partial charge in [0.15, 0.2) is 5.75 Å². The highest BCUT2D eigenvalue weighted by Crippen LogP contribution is 2.24. The molecule has 0 radical (unpaired) electrons. The zero-order chi connectivity index (χ0) is 17.8. The molecule has 0 aliphatic carbocycles. The Morgan fingerprint density at radius 3 is 2.72 bits per heavy atom. The zero-order valence-corrected chi connectivity index (χ0v) is 12.9. The van der Waals surface area contributed by atoms with Crippen LogP contribution in [0.2, 0.25) is 0 Å². The van der Waals surface area contributed by atoms with Crippen LogP contribution in [0.3, 0.4) is 0 Å². The van der Waals surface area contributed by atoms with Crippen molar-refractivity contribution in [2.24, 2.45) is 0 Å². The second-order valence-electron chi connectivity index (χ2n) is 5.12. The van der Waals surface area contributed by atoms with Crippen molar-refractivity contribution < 1.29 is 19.7 Å². The smallest absolute Gasteiger partial charge is 0.341 e. The number of aromatic nitrogens is 3. The van der Waals surface area contributed by atoms with Crippen molar-refractivity contribution >= 4 is 5.97 Å². The highest BCUT2D eigenvalue weighted by molar-refractivity contribution is 5.87. The van der Waals surface area contributed by atoms with Gasteiger partial charge in [-0.05, 0) is 6.07 Å². The van der Waals surface area contributed by atoms with E-state index in [1.54, 1.807) is 24.3 Å². The van der Waals surface area contributed by atoms with Crippen LogP contribution in [0.1, 0.15) is 15.9 Å². The van der Waals surface area contributed by atoms with Gasteiger partial charge in [0.25, 0.3) is 0 Å². The Kier molecular flexibility index (Phi) is 4.42. The third-order valence-corrected chi connectivity index (χ3v) is 3.37. The van der Waals surface area contributed by atoms with E-state index in [9.17, 15) is 14.7 Å². The van der Waals surface area contributed by atoms with Crippen LogP contribution < -0.4 is 10.2 Å². The van der Waals surface area contributed by atoms with Crippen molar-refractivity contribution in [1.82, 2.24) is 14.5 Å². The number of nitrogens with zero attached hydrogens (tertiary/aromatic N) is 3. The normalized spacial score (nSPS) is 10.4. The highest BCUT2D eigenvalue weighted by Gasteiger charge is 2.14. The summed E-state index contributed by atoms with van der Waals surface area (Å²) >= 11 is 0. The quantitative estimate of drug-likeness (QED) is 0.729. The van der Waals surface area contributed by atoms with Crippen molar-refractivity contribution in [2.45, 2.75) is 6.54 Å². The van der Waals surface area contributed by atoms with E-state index in [2.05, 4.69) is 9.97 Å². The van der Waals surface area contributed by atoms with Gasteiger partial charge >= 0.3 is 5.97 Å². The van der Waals surface area contributed by atoms with E-state index in [0.29, 0.717) is 17.2 Å². The van der Waals surface area contributed by atoms with Crippen LogP contribution in [0, 0.1) is 0 Å². The lowest BCUT2D eigenvalue weighted by Gasteiger charge is -2.13. The Bertz CT molecular complexity index is 970. The lowest BCUT2D eigenvalue weighted by molar-refractivity contribution is 0.0694. The van der Waals surface area contributed by atoms with Crippen molar-refractivity contribution in [2.75, 3.05) is 0 Å². The molecule has 0 amide bonds. The third kappa shape index (κ3) is 3.63. The summed E-state index contributed by atoms with van der Waals surface area (Å²) < 4.78 is 7.09. The number of para-hydroxylation sites is 1. The topological polar surface area (TPSA) is 115 Å². The number of aromatic hydroxyl groups is 1. The molecular weight excluding hydrogens is 326 g/mol. The standard InChI is InChI=1S/C17H13N3O5/c21-13-10-20(9-12(16(13)22)17(23)24)8-11-3-1-2-4-14(11)25-15-7-18-5-6-19-15/h1-7,9-10,21H,8H2,(H,23,24). The maximum atomic E-state index is 11.6. The first-order valence-corrected chi connectivity index (χ1v) is 7.22. The molecule has 0 spiro atoms. The average Bonchev–Trinajstić information content (AvgIpc) is 2.60. The number of ether oxygens (including phenoxy) is 1. The van der Waals surface area contributed by atoms with Crippen LogP contribution in [0.15, 0.2) is 60.0 Å². The van der Waals surface area contributed by atoms with Crippen molar-refractivity contribution in [3.05, 3.63) is 76.6 Å². The van der Waals surface area contributed by atoms with Crippen LogP contribution in [0.5, 0.6) is 17.4 Å². The molecule has 3 rings (SSSR count). The van der Waals surface area contributed by atoms with E-state index in [-0.39, 0.29) is 6.54 Å². The Morgan fingerprint density at radius 1 is 1.20 bits per heavy atom. The summed E-state index contributed by atoms with van der Waals surface area (Å²) in [4.78, 5) is 30.7. The van der Waals surface area contributed by atoms with Gasteiger partial charge in [-0.15, -0.1) is 0 Å². The molecule has 0 aliphatic heterocycles. The molecule has 0 fully saturated rings. The van der Waals surface area contributed by atoms with E-state index in [1.807, 2.05) is 0 Å². The minimum atomic E-state index is -1.40. The van der Waals surface area contributed by atoms with E-state index in [1.165, 1.54) is 35.6 Å². The van der Waals surface area contributed by atoms with Gasteiger partial charge in [0.1, 0.15) is 11.3 Å². The molecule has 8 nitrogen and oxygen atoms in total. The zero-order valence-electron chi connectivity index (χ0n) is 12.9. The molecule has 0 saturated heterocycles. The van der Waals surface area contributed by atoms with Crippen molar-refractivity contribution in [1.29, 1.82) is 0 Å². The van der Waals surface area contributed by atoms with Gasteiger partial charge in [0, 0.05) is 24.2 Å². The summed E-state index contributed by atoms with van der Waals surface area (Å²) in [5, 5.41) is 18.7. The predicted molar refractivity (Wildman–Crippen MR) is 87.0 cm³/mol. The number of rotatable bonds is 5. The molecule has 1 aromatic carbocycles. The average molecular weight is 339 g/mol. The summed E-state index contributed by atoms with van der Waals surface area (Å²) in [6, 6.07) is 7.08. The summed E-state index contributed by atoms with van der Waals surface area (Å²) in [5.74, 6) is -1.23. The van der Waals surface area contributed by atoms with Gasteiger partial charge < -0.3 is 19.5 Å². The number of carboxylic acid groups (broad SMARTS) is 1. The Balaban J connectivity index is 1.94. The number of carbonyl (C=O) groups is 1. The Hall–Kier alpha value is -3.68. The fraction of sp³-hybridized carbons (Fsp3) is 0.0588. The number of hydrogen-bond acceptors (Lipinski definition) is 6. The first-order chi connectivity index (χ1) is 12.0. The summed E-state index contributed by atoms with van der Waals surface area (Å²) in [6.45, 7) is 0.185. The van der Waals surface area contributed by atoms with Gasteiger partial charge in [0.05, 0.1) is 18.9 Å². The molecule has 2 N–H and O–H groups in total. The lowest BCUT2D eigenvalue weighted by atomic mass is 10.2. The molecule has 0 saturated carbocycles. The van der Waals surface area contributed by atoms with E-state index in [4.69, 9.17) is 9.84 Å². The van der Waals surface area contributed by atoms with Gasteiger partial charge in [-0.3, -0.25) is 9.78 Å². The van der Waals surface area contributed by atoms with Crippen LogP contribution in [-0.2, 0) is 6.54 Å². The largest absolute Gasteiger partial charge is 0.503 e. The first kappa shape index (κ1) is 16.2. The minimum Gasteiger partial charge on any atom is -0.503 e. The van der Waals surface area contributed by atoms with Crippen LogP contribution in [-0.4, -0.2) is 30.7 Å². The molecule has 25 heavy (non-hydrogen) atoms. The number of hydrogen-bond donors (Lipinski definition) is 2. The fourth-order valence-electron chi connectivity index (χ4n) is 2.24. The van der Waals surface area contributed by atoms with Gasteiger partial charge in [-0.25, -0.2) is 9.78 Å². The highest BCUT2D eigenvalue weighted by atomic mass is 16.5. The monoisotopic (exact) mass is 339 g/mol. The summed E-state index contributed by atoms with van der Waals surface area (Å²) in [6.07, 6.45) is 6.83. The molecule has 0 bridgehead atoms.